The third-order valence-corrected chi connectivity index (χ3v) is 3.05. The van der Waals surface area contributed by atoms with Gasteiger partial charge in [0, 0.05) is 12.7 Å². The molecule has 0 aromatic carbocycles. The van der Waals surface area contributed by atoms with Gasteiger partial charge >= 0.3 is 6.09 Å². The molecule has 1 fully saturated rings. The van der Waals surface area contributed by atoms with E-state index in [9.17, 15) is 4.79 Å². The van der Waals surface area contributed by atoms with Crippen molar-refractivity contribution in [3.63, 3.8) is 0 Å². The monoisotopic (exact) mass is 263 g/mol. The molecule has 1 saturated heterocycles. The minimum absolute atomic E-state index is 0.00819. The van der Waals surface area contributed by atoms with Gasteiger partial charge in [-0.2, -0.15) is 0 Å². The Morgan fingerprint density at radius 2 is 2.21 bits per heavy atom. The quantitative estimate of drug-likeness (QED) is 0.823. The smallest absolute Gasteiger partial charge is 0.410 e. The summed E-state index contributed by atoms with van der Waals surface area (Å²) in [7, 11) is 0. The van der Waals surface area contributed by atoms with Crippen LogP contribution in [0.4, 0.5) is 4.79 Å². The van der Waals surface area contributed by atoms with Gasteiger partial charge in [0.15, 0.2) is 0 Å². The third kappa shape index (κ3) is 3.22. The molecule has 1 unspecified atom stereocenters. The van der Waals surface area contributed by atoms with Crippen molar-refractivity contribution < 1.29 is 9.53 Å². The number of likely N-dealkylation sites (tertiary alicyclic amines) is 1. The van der Waals surface area contributed by atoms with Crippen LogP contribution in [0.15, 0.2) is 12.4 Å². The highest BCUT2D eigenvalue weighted by molar-refractivity contribution is 5.69. The molecule has 104 valence electrons. The molecule has 5 heteroatoms. The molecule has 0 bridgehead atoms. The molecule has 1 amide bonds. The van der Waals surface area contributed by atoms with E-state index in [1.54, 1.807) is 17.3 Å². The summed E-state index contributed by atoms with van der Waals surface area (Å²) in [6.07, 6.45) is 4.99. The first-order valence-corrected chi connectivity index (χ1v) is 6.71. The first-order chi connectivity index (χ1) is 8.90. The number of hydrogen-bond acceptors (Lipinski definition) is 4. The Morgan fingerprint density at radius 3 is 2.74 bits per heavy atom. The second-order valence-corrected chi connectivity index (χ2v) is 5.77. The van der Waals surface area contributed by atoms with Gasteiger partial charge in [-0.05, 0) is 33.6 Å². The number of nitrogens with zero attached hydrogens (tertiary/aromatic N) is 3. The molecule has 1 aliphatic rings. The Hall–Kier alpha value is -1.65. The lowest BCUT2D eigenvalue weighted by molar-refractivity contribution is -0.00662. The van der Waals surface area contributed by atoms with Crippen LogP contribution in [-0.2, 0) is 11.2 Å². The highest BCUT2D eigenvalue weighted by Gasteiger charge is 2.37. The molecular formula is C14H21N3O2. The molecule has 0 radical (unpaired) electrons. The maximum atomic E-state index is 12.0. The second-order valence-electron chi connectivity index (χ2n) is 5.77. The van der Waals surface area contributed by atoms with Crippen molar-refractivity contribution in [3.05, 3.63) is 23.8 Å². The zero-order valence-corrected chi connectivity index (χ0v) is 12.0. The van der Waals surface area contributed by atoms with Crippen LogP contribution in [0.3, 0.4) is 0 Å². The first kappa shape index (κ1) is 13.8. The van der Waals surface area contributed by atoms with E-state index in [1.165, 1.54) is 0 Å². The van der Waals surface area contributed by atoms with E-state index in [-0.39, 0.29) is 12.1 Å². The number of ether oxygens (including phenoxy) is 1. The van der Waals surface area contributed by atoms with Gasteiger partial charge in [0.1, 0.15) is 5.60 Å². The summed E-state index contributed by atoms with van der Waals surface area (Å²) in [6.45, 7) is 8.38. The maximum Gasteiger partial charge on any atom is 0.410 e. The van der Waals surface area contributed by atoms with Gasteiger partial charge < -0.3 is 4.74 Å². The Kier molecular flexibility index (Phi) is 3.73. The first-order valence-electron chi connectivity index (χ1n) is 6.71. The lowest BCUT2D eigenvalue weighted by Crippen LogP contribution is -2.47. The zero-order chi connectivity index (χ0) is 14.0. The van der Waals surface area contributed by atoms with Gasteiger partial charge in [-0.15, -0.1) is 0 Å². The number of carbonyl (C=O) groups excluding carboxylic acids is 1. The van der Waals surface area contributed by atoms with Crippen LogP contribution in [0.25, 0.3) is 0 Å². The van der Waals surface area contributed by atoms with E-state index in [4.69, 9.17) is 4.74 Å². The van der Waals surface area contributed by atoms with Crippen molar-refractivity contribution >= 4 is 6.09 Å². The molecule has 0 aliphatic carbocycles. The van der Waals surface area contributed by atoms with Crippen LogP contribution in [-0.4, -0.2) is 33.1 Å². The van der Waals surface area contributed by atoms with Crippen molar-refractivity contribution in [1.82, 2.24) is 14.9 Å². The molecular weight excluding hydrogens is 242 g/mol. The summed E-state index contributed by atoms with van der Waals surface area (Å²) in [4.78, 5) is 22.5. The molecule has 1 atom stereocenters. The summed E-state index contributed by atoms with van der Waals surface area (Å²) >= 11 is 0. The molecule has 1 aromatic heterocycles. The summed E-state index contributed by atoms with van der Waals surface area (Å²) in [5.74, 6) is 0. The Bertz CT molecular complexity index is 468. The number of amides is 1. The number of aromatic nitrogens is 2. The third-order valence-electron chi connectivity index (χ3n) is 3.05. The normalized spacial score (nSPS) is 18.9. The van der Waals surface area contributed by atoms with Crippen LogP contribution in [0.5, 0.6) is 0 Å². The van der Waals surface area contributed by atoms with E-state index in [1.807, 2.05) is 27.7 Å². The molecule has 1 aliphatic heterocycles. The molecule has 5 nitrogen and oxygen atoms in total. The van der Waals surface area contributed by atoms with E-state index in [0.29, 0.717) is 0 Å². The minimum Gasteiger partial charge on any atom is -0.444 e. The molecule has 0 spiro atoms. The average molecular weight is 263 g/mol. The zero-order valence-electron chi connectivity index (χ0n) is 12.0. The number of carbonyl (C=O) groups is 1. The highest BCUT2D eigenvalue weighted by atomic mass is 16.6. The topological polar surface area (TPSA) is 55.3 Å². The van der Waals surface area contributed by atoms with Gasteiger partial charge in [-0.3, -0.25) is 14.9 Å². The number of hydrogen-bond donors (Lipinski definition) is 0. The van der Waals surface area contributed by atoms with Crippen molar-refractivity contribution in [2.24, 2.45) is 0 Å². The lowest BCUT2D eigenvalue weighted by atomic mass is 10.0. The SMILES string of the molecule is CCc1cncc(C2CCN2C(=O)OC(C)(C)C)n1. The summed E-state index contributed by atoms with van der Waals surface area (Å²) in [6, 6.07) is 0.00819. The highest BCUT2D eigenvalue weighted by Crippen LogP contribution is 2.33. The Morgan fingerprint density at radius 1 is 1.47 bits per heavy atom. The molecule has 0 saturated carbocycles. The van der Waals surface area contributed by atoms with Crippen LogP contribution in [0, 0.1) is 0 Å². The van der Waals surface area contributed by atoms with Crippen molar-refractivity contribution in [2.75, 3.05) is 6.54 Å². The van der Waals surface area contributed by atoms with E-state index < -0.39 is 5.60 Å². The fourth-order valence-corrected chi connectivity index (χ4v) is 1.99. The summed E-state index contributed by atoms with van der Waals surface area (Å²) in [5.41, 5.74) is 1.35. The summed E-state index contributed by atoms with van der Waals surface area (Å²) in [5, 5.41) is 0. The van der Waals surface area contributed by atoms with E-state index in [0.717, 1.165) is 30.8 Å². The van der Waals surface area contributed by atoms with E-state index in [2.05, 4.69) is 9.97 Å². The van der Waals surface area contributed by atoms with Gasteiger partial charge in [0.05, 0.1) is 23.6 Å². The summed E-state index contributed by atoms with van der Waals surface area (Å²) < 4.78 is 5.39. The van der Waals surface area contributed by atoms with Crippen molar-refractivity contribution in [3.8, 4) is 0 Å². The maximum absolute atomic E-state index is 12.0. The Labute approximate surface area is 114 Å². The second kappa shape index (κ2) is 5.15. The van der Waals surface area contributed by atoms with Crippen LogP contribution < -0.4 is 0 Å². The van der Waals surface area contributed by atoms with Crippen LogP contribution >= 0.6 is 0 Å². The average Bonchev–Trinajstić information content (AvgIpc) is 2.25. The molecule has 19 heavy (non-hydrogen) atoms. The van der Waals surface area contributed by atoms with Gasteiger partial charge in [-0.25, -0.2) is 4.79 Å². The lowest BCUT2D eigenvalue weighted by Gasteiger charge is -2.40. The number of aryl methyl sites for hydroxylation is 1. The predicted molar refractivity (Wildman–Crippen MR) is 71.7 cm³/mol. The molecule has 2 rings (SSSR count). The van der Waals surface area contributed by atoms with Gasteiger partial charge in [0.25, 0.3) is 0 Å². The fourth-order valence-electron chi connectivity index (χ4n) is 1.99. The molecule has 1 aromatic rings. The fraction of sp³-hybridized carbons (Fsp3) is 0.643. The van der Waals surface area contributed by atoms with Crippen molar-refractivity contribution in [1.29, 1.82) is 0 Å². The number of rotatable bonds is 2. The van der Waals surface area contributed by atoms with Gasteiger partial charge in [0.2, 0.25) is 0 Å². The van der Waals surface area contributed by atoms with Crippen LogP contribution in [0.2, 0.25) is 0 Å². The standard InChI is InChI=1S/C14H21N3O2/c1-5-10-8-15-9-11(16-10)12-6-7-17(12)13(18)19-14(2,3)4/h8-9,12H,5-7H2,1-4H3. The predicted octanol–water partition coefficient (Wildman–Crippen LogP) is 2.72. The van der Waals surface area contributed by atoms with Crippen LogP contribution in [0.1, 0.15) is 51.5 Å². The molecule has 0 N–H and O–H groups in total. The largest absolute Gasteiger partial charge is 0.444 e. The van der Waals surface area contributed by atoms with E-state index >= 15 is 0 Å². The van der Waals surface area contributed by atoms with Gasteiger partial charge in [-0.1, -0.05) is 6.92 Å². The minimum atomic E-state index is -0.464. The molecule has 2 heterocycles. The Balaban J connectivity index is 2.07. The van der Waals surface area contributed by atoms with Crippen molar-refractivity contribution in [2.45, 2.75) is 52.2 Å².